The summed E-state index contributed by atoms with van der Waals surface area (Å²) in [6, 6.07) is 1.90. The molecule has 2 rings (SSSR count). The lowest BCUT2D eigenvalue weighted by atomic mass is 10.0. The van der Waals surface area contributed by atoms with Crippen LogP contribution in [-0.2, 0) is 7.05 Å². The smallest absolute Gasteiger partial charge is 0.270 e. The molecule has 19 heavy (non-hydrogen) atoms. The summed E-state index contributed by atoms with van der Waals surface area (Å²) in [7, 11) is 1.62. The lowest BCUT2D eigenvalue weighted by molar-refractivity contribution is 0.112. The molecule has 1 aromatic heterocycles. The Bertz CT molecular complexity index is 605. The van der Waals surface area contributed by atoms with E-state index in [0.717, 1.165) is 32.2 Å². The molecule has 5 nitrogen and oxygen atoms in total. The van der Waals surface area contributed by atoms with E-state index >= 15 is 0 Å². The van der Waals surface area contributed by atoms with Crippen LogP contribution in [0, 0.1) is 18.3 Å². The minimum Gasteiger partial charge on any atom is -0.357 e. The number of nitrogens with zero attached hydrogens (tertiary/aromatic N) is 3. The fourth-order valence-corrected chi connectivity index (χ4v) is 2.67. The van der Waals surface area contributed by atoms with E-state index in [1.54, 1.807) is 14.0 Å². The summed E-state index contributed by atoms with van der Waals surface area (Å²) in [5.41, 5.74) is 0.679. The molecule has 0 atom stereocenters. The molecule has 0 unspecified atom stereocenters. The molecular weight excluding hydrogens is 242 g/mol. The number of aromatic nitrogens is 1. The van der Waals surface area contributed by atoms with Gasteiger partial charge in [-0.3, -0.25) is 14.2 Å². The maximum Gasteiger partial charge on any atom is 0.270 e. The molecule has 0 aromatic carbocycles. The van der Waals surface area contributed by atoms with Crippen LogP contribution in [0.5, 0.6) is 0 Å². The molecule has 0 amide bonds. The minimum absolute atomic E-state index is 0.0605. The molecule has 0 N–H and O–H groups in total. The number of aldehydes is 1. The lowest BCUT2D eigenvalue weighted by Crippen LogP contribution is -2.36. The van der Waals surface area contributed by atoms with Crippen molar-refractivity contribution < 1.29 is 4.79 Å². The van der Waals surface area contributed by atoms with Gasteiger partial charge in [-0.05, 0) is 31.7 Å². The van der Waals surface area contributed by atoms with Gasteiger partial charge in [-0.25, -0.2) is 0 Å². The highest BCUT2D eigenvalue weighted by Crippen LogP contribution is 2.24. The molecule has 1 aliphatic rings. The number of anilines is 1. The monoisotopic (exact) mass is 259 g/mol. The van der Waals surface area contributed by atoms with Crippen molar-refractivity contribution in [3.05, 3.63) is 27.0 Å². The van der Waals surface area contributed by atoms with Gasteiger partial charge in [0.2, 0.25) is 0 Å². The molecule has 1 fully saturated rings. The second-order valence-corrected chi connectivity index (χ2v) is 4.88. The average molecular weight is 259 g/mol. The highest BCUT2D eigenvalue weighted by molar-refractivity contribution is 5.86. The second-order valence-electron chi connectivity index (χ2n) is 4.88. The van der Waals surface area contributed by atoms with Crippen LogP contribution in [0.2, 0.25) is 0 Å². The molecule has 0 spiro atoms. The Kier molecular flexibility index (Phi) is 3.70. The molecule has 2 heterocycles. The highest BCUT2D eigenvalue weighted by Gasteiger charge is 2.22. The molecule has 1 saturated heterocycles. The molecule has 100 valence electrons. The standard InChI is InChI=1S/C14H17N3O2/c1-10-11(8-15)14(19)16(2)13(12(10)9-18)17-6-4-3-5-7-17/h9H,3-7H2,1-2H3. The quantitative estimate of drug-likeness (QED) is 0.752. The number of pyridine rings is 1. The van der Waals surface area contributed by atoms with Gasteiger partial charge < -0.3 is 4.90 Å². The molecule has 0 aliphatic carbocycles. The lowest BCUT2D eigenvalue weighted by Gasteiger charge is -2.31. The summed E-state index contributed by atoms with van der Waals surface area (Å²) in [5, 5.41) is 9.05. The Morgan fingerprint density at radius 2 is 1.89 bits per heavy atom. The summed E-state index contributed by atoms with van der Waals surface area (Å²) in [4.78, 5) is 25.6. The average Bonchev–Trinajstić information content (AvgIpc) is 2.44. The van der Waals surface area contributed by atoms with E-state index in [1.807, 2.05) is 6.07 Å². The fourth-order valence-electron chi connectivity index (χ4n) is 2.67. The zero-order chi connectivity index (χ0) is 14.0. The van der Waals surface area contributed by atoms with Gasteiger partial charge in [0.25, 0.3) is 5.56 Å². The van der Waals surface area contributed by atoms with Crippen LogP contribution >= 0.6 is 0 Å². The molecule has 0 saturated carbocycles. The van der Waals surface area contributed by atoms with Crippen LogP contribution < -0.4 is 10.5 Å². The zero-order valence-electron chi connectivity index (χ0n) is 11.3. The highest BCUT2D eigenvalue weighted by atomic mass is 16.1. The topological polar surface area (TPSA) is 66.1 Å². The Morgan fingerprint density at radius 1 is 1.26 bits per heavy atom. The molecule has 0 radical (unpaired) electrons. The van der Waals surface area contributed by atoms with E-state index in [9.17, 15) is 9.59 Å². The van der Waals surface area contributed by atoms with Crippen molar-refractivity contribution in [2.24, 2.45) is 7.05 Å². The van der Waals surface area contributed by atoms with E-state index in [4.69, 9.17) is 5.26 Å². The number of nitriles is 1. The molecule has 1 aromatic rings. The fraction of sp³-hybridized carbons (Fsp3) is 0.500. The summed E-state index contributed by atoms with van der Waals surface area (Å²) in [6.07, 6.45) is 4.05. The van der Waals surface area contributed by atoms with Crippen molar-refractivity contribution in [3.8, 4) is 6.07 Å². The normalized spacial score (nSPS) is 15.1. The molecule has 0 bridgehead atoms. The van der Waals surface area contributed by atoms with Gasteiger partial charge in [0.15, 0.2) is 6.29 Å². The number of hydrogen-bond donors (Lipinski definition) is 0. The van der Waals surface area contributed by atoms with Crippen LogP contribution in [0.15, 0.2) is 4.79 Å². The predicted molar refractivity (Wildman–Crippen MR) is 72.6 cm³/mol. The number of carbonyl (C=O) groups excluding carboxylic acids is 1. The van der Waals surface area contributed by atoms with Crippen molar-refractivity contribution in [3.63, 3.8) is 0 Å². The van der Waals surface area contributed by atoms with Gasteiger partial charge in [0.05, 0.1) is 5.56 Å². The first-order valence-electron chi connectivity index (χ1n) is 6.45. The molecule has 1 aliphatic heterocycles. The number of carbonyl (C=O) groups is 1. The third kappa shape index (κ3) is 2.14. The summed E-state index contributed by atoms with van der Waals surface area (Å²) >= 11 is 0. The third-order valence-corrected chi connectivity index (χ3v) is 3.74. The number of rotatable bonds is 2. The van der Waals surface area contributed by atoms with Crippen LogP contribution in [0.1, 0.15) is 40.7 Å². The maximum atomic E-state index is 12.2. The van der Waals surface area contributed by atoms with E-state index in [1.165, 1.54) is 11.0 Å². The van der Waals surface area contributed by atoms with Crippen LogP contribution in [0.25, 0.3) is 0 Å². The van der Waals surface area contributed by atoms with Crippen molar-refractivity contribution >= 4 is 12.1 Å². The van der Waals surface area contributed by atoms with Gasteiger partial charge in [0, 0.05) is 20.1 Å². The van der Waals surface area contributed by atoms with E-state index in [-0.39, 0.29) is 11.1 Å². The van der Waals surface area contributed by atoms with Crippen molar-refractivity contribution in [1.29, 1.82) is 5.26 Å². The largest absolute Gasteiger partial charge is 0.357 e. The van der Waals surface area contributed by atoms with E-state index in [0.29, 0.717) is 16.9 Å². The Labute approximate surface area is 112 Å². The van der Waals surface area contributed by atoms with Gasteiger partial charge >= 0.3 is 0 Å². The SMILES string of the molecule is Cc1c(C=O)c(N2CCCCC2)n(C)c(=O)c1C#N. The minimum atomic E-state index is -0.328. The van der Waals surface area contributed by atoms with Crippen molar-refractivity contribution in [2.45, 2.75) is 26.2 Å². The van der Waals surface area contributed by atoms with E-state index in [2.05, 4.69) is 4.90 Å². The second kappa shape index (κ2) is 5.27. The first kappa shape index (κ1) is 13.3. The zero-order valence-corrected chi connectivity index (χ0v) is 11.3. The van der Waals surface area contributed by atoms with E-state index < -0.39 is 0 Å². The Balaban J connectivity index is 2.69. The maximum absolute atomic E-state index is 12.2. The van der Waals surface area contributed by atoms with Gasteiger partial charge in [0.1, 0.15) is 17.5 Å². The van der Waals surface area contributed by atoms with Crippen molar-refractivity contribution in [1.82, 2.24) is 4.57 Å². The van der Waals surface area contributed by atoms with Crippen LogP contribution in [0.4, 0.5) is 5.82 Å². The van der Waals surface area contributed by atoms with Crippen molar-refractivity contribution in [2.75, 3.05) is 18.0 Å². The van der Waals surface area contributed by atoms with Gasteiger partial charge in [-0.15, -0.1) is 0 Å². The van der Waals surface area contributed by atoms with Crippen LogP contribution in [0.3, 0.4) is 0 Å². The molecule has 5 heteroatoms. The van der Waals surface area contributed by atoms with Crippen LogP contribution in [-0.4, -0.2) is 23.9 Å². The summed E-state index contributed by atoms with van der Waals surface area (Å²) in [6.45, 7) is 3.36. The summed E-state index contributed by atoms with van der Waals surface area (Å²) < 4.78 is 1.43. The number of piperidine rings is 1. The van der Waals surface area contributed by atoms with Gasteiger partial charge in [-0.1, -0.05) is 0 Å². The molecular formula is C14H17N3O2. The first-order chi connectivity index (χ1) is 9.11. The van der Waals surface area contributed by atoms with Gasteiger partial charge in [-0.2, -0.15) is 5.26 Å². The first-order valence-corrected chi connectivity index (χ1v) is 6.45. The third-order valence-electron chi connectivity index (χ3n) is 3.74. The predicted octanol–water partition coefficient (Wildman–Crippen LogP) is 1.37. The summed E-state index contributed by atoms with van der Waals surface area (Å²) in [5.74, 6) is 0.649. The Morgan fingerprint density at radius 3 is 2.42 bits per heavy atom. The Hall–Kier alpha value is -2.09. The number of hydrogen-bond acceptors (Lipinski definition) is 4.